The van der Waals surface area contributed by atoms with Crippen LogP contribution in [0.3, 0.4) is 0 Å². The molecular weight excluding hydrogens is 422 g/mol. The molecule has 0 bridgehead atoms. The lowest BCUT2D eigenvalue weighted by Crippen LogP contribution is -2.47. The molecule has 0 unspecified atom stereocenters. The highest BCUT2D eigenvalue weighted by atomic mass is 79.9. The van der Waals surface area contributed by atoms with Gasteiger partial charge in [-0.1, -0.05) is 27.5 Å². The Morgan fingerprint density at radius 2 is 2.00 bits per heavy atom. The molecule has 0 atom stereocenters. The fourth-order valence-corrected chi connectivity index (χ4v) is 2.92. The largest absolute Gasteiger partial charge is 0.495 e. The predicted octanol–water partition coefficient (Wildman–Crippen LogP) is 3.88. The summed E-state index contributed by atoms with van der Waals surface area (Å²) in [6.45, 7) is 0. The Kier molecular flexibility index (Phi) is 5.49. The first-order valence-corrected chi connectivity index (χ1v) is 8.85. The zero-order chi connectivity index (χ0) is 18.7. The SMILES string of the molecule is COc1ccc(NC(=O)C2=CCC(=O)N(c3ccc(Br)cc3)N2)cc1Cl. The van der Waals surface area contributed by atoms with Crippen LogP contribution in [0.25, 0.3) is 0 Å². The molecule has 0 spiro atoms. The van der Waals surface area contributed by atoms with Gasteiger partial charge in [0.25, 0.3) is 5.91 Å². The number of hydrogen-bond donors (Lipinski definition) is 2. The fraction of sp³-hybridized carbons (Fsp3) is 0.111. The van der Waals surface area contributed by atoms with E-state index in [-0.39, 0.29) is 23.9 Å². The van der Waals surface area contributed by atoms with E-state index in [9.17, 15) is 9.59 Å². The average molecular weight is 437 g/mol. The van der Waals surface area contributed by atoms with Crippen molar-refractivity contribution in [3.05, 3.63) is 63.7 Å². The first-order valence-electron chi connectivity index (χ1n) is 7.68. The highest BCUT2D eigenvalue weighted by Gasteiger charge is 2.24. The van der Waals surface area contributed by atoms with Crippen molar-refractivity contribution in [2.75, 3.05) is 17.4 Å². The molecule has 26 heavy (non-hydrogen) atoms. The predicted molar refractivity (Wildman–Crippen MR) is 104 cm³/mol. The van der Waals surface area contributed by atoms with Crippen molar-refractivity contribution in [2.45, 2.75) is 6.42 Å². The van der Waals surface area contributed by atoms with Crippen molar-refractivity contribution in [3.63, 3.8) is 0 Å². The van der Waals surface area contributed by atoms with E-state index >= 15 is 0 Å². The number of halogens is 2. The maximum absolute atomic E-state index is 12.5. The number of carbonyl (C=O) groups is 2. The summed E-state index contributed by atoms with van der Waals surface area (Å²) < 4.78 is 5.99. The van der Waals surface area contributed by atoms with Gasteiger partial charge in [0.05, 0.1) is 17.8 Å². The highest BCUT2D eigenvalue weighted by molar-refractivity contribution is 9.10. The summed E-state index contributed by atoms with van der Waals surface area (Å²) in [5, 5.41) is 4.49. The van der Waals surface area contributed by atoms with Gasteiger partial charge in [-0.15, -0.1) is 0 Å². The standard InChI is InChI=1S/C18H15BrClN3O3/c1-26-16-8-4-12(10-14(16)20)21-18(25)15-7-9-17(24)23(22-15)13-5-2-11(19)3-6-13/h2-8,10,22H,9H2,1H3,(H,21,25). The number of carbonyl (C=O) groups excluding carboxylic acids is 2. The average Bonchev–Trinajstić information content (AvgIpc) is 2.63. The monoisotopic (exact) mass is 435 g/mol. The van der Waals surface area contributed by atoms with Gasteiger partial charge >= 0.3 is 0 Å². The Morgan fingerprint density at radius 1 is 1.27 bits per heavy atom. The van der Waals surface area contributed by atoms with Crippen LogP contribution in [0.4, 0.5) is 11.4 Å². The number of anilines is 2. The first-order chi connectivity index (χ1) is 12.5. The Labute approximate surface area is 163 Å². The topological polar surface area (TPSA) is 70.7 Å². The molecule has 1 aliphatic rings. The lowest BCUT2D eigenvalue weighted by atomic mass is 10.2. The maximum atomic E-state index is 12.5. The van der Waals surface area contributed by atoms with Crippen molar-refractivity contribution >= 4 is 50.7 Å². The van der Waals surface area contributed by atoms with Gasteiger partial charge in [-0.3, -0.25) is 15.0 Å². The van der Waals surface area contributed by atoms with Gasteiger partial charge in [0.1, 0.15) is 11.4 Å². The maximum Gasteiger partial charge on any atom is 0.273 e. The zero-order valence-corrected chi connectivity index (χ0v) is 16.1. The van der Waals surface area contributed by atoms with Gasteiger partial charge in [-0.05, 0) is 48.5 Å². The first kappa shape index (κ1) is 18.3. The number of nitrogens with one attached hydrogen (secondary N) is 2. The van der Waals surface area contributed by atoms with E-state index in [0.717, 1.165) is 4.47 Å². The Balaban J connectivity index is 1.74. The number of rotatable bonds is 4. The van der Waals surface area contributed by atoms with Gasteiger partial charge in [0, 0.05) is 16.6 Å². The molecule has 2 aromatic carbocycles. The minimum absolute atomic E-state index is 0.120. The fourth-order valence-electron chi connectivity index (χ4n) is 2.39. The molecule has 0 saturated heterocycles. The van der Waals surface area contributed by atoms with Crippen LogP contribution >= 0.6 is 27.5 Å². The molecule has 0 aliphatic carbocycles. The van der Waals surface area contributed by atoms with E-state index in [1.807, 2.05) is 12.1 Å². The van der Waals surface area contributed by atoms with E-state index < -0.39 is 0 Å². The summed E-state index contributed by atoms with van der Waals surface area (Å²) in [5.74, 6) is -0.0103. The number of hydrogen-bond acceptors (Lipinski definition) is 4. The molecule has 3 rings (SSSR count). The van der Waals surface area contributed by atoms with Gasteiger partial charge in [0.2, 0.25) is 5.91 Å². The lowest BCUT2D eigenvalue weighted by molar-refractivity contribution is -0.119. The van der Waals surface area contributed by atoms with Crippen molar-refractivity contribution in [3.8, 4) is 5.75 Å². The third-order valence-corrected chi connectivity index (χ3v) is 4.53. The normalized spacial score (nSPS) is 13.7. The number of nitrogens with zero attached hydrogens (tertiary/aromatic N) is 1. The molecular formula is C18H15BrClN3O3. The van der Waals surface area contributed by atoms with Gasteiger partial charge in [-0.2, -0.15) is 0 Å². The van der Waals surface area contributed by atoms with E-state index in [0.29, 0.717) is 22.1 Å². The summed E-state index contributed by atoms with van der Waals surface area (Å²) in [7, 11) is 1.52. The molecule has 2 N–H and O–H groups in total. The van der Waals surface area contributed by atoms with Crippen LogP contribution in [0.15, 0.2) is 58.7 Å². The lowest BCUT2D eigenvalue weighted by Gasteiger charge is -2.28. The van der Waals surface area contributed by atoms with Crippen LogP contribution in [0.2, 0.25) is 5.02 Å². The molecule has 1 aliphatic heterocycles. The minimum atomic E-state index is -0.374. The number of ether oxygens (including phenoxy) is 1. The third-order valence-electron chi connectivity index (χ3n) is 3.70. The molecule has 2 amide bonds. The van der Waals surface area contributed by atoms with Crippen LogP contribution < -0.4 is 20.5 Å². The van der Waals surface area contributed by atoms with Gasteiger partial charge in [0.15, 0.2) is 0 Å². The van der Waals surface area contributed by atoms with E-state index in [2.05, 4.69) is 26.7 Å². The molecule has 134 valence electrons. The van der Waals surface area contributed by atoms with Gasteiger partial charge < -0.3 is 10.1 Å². The molecule has 0 saturated carbocycles. The van der Waals surface area contributed by atoms with Crippen molar-refractivity contribution in [1.29, 1.82) is 0 Å². The molecule has 2 aromatic rings. The summed E-state index contributed by atoms with van der Waals surface area (Å²) in [6, 6.07) is 12.1. The number of methoxy groups -OCH3 is 1. The molecule has 6 nitrogen and oxygen atoms in total. The second-order valence-corrected chi connectivity index (χ2v) is 6.77. The number of hydrazine groups is 1. The Bertz CT molecular complexity index is 884. The second kappa shape index (κ2) is 7.80. The summed E-state index contributed by atoms with van der Waals surface area (Å²) in [6.07, 6.45) is 1.67. The molecule has 0 radical (unpaired) electrons. The summed E-state index contributed by atoms with van der Waals surface area (Å²) in [5.41, 5.74) is 4.30. The van der Waals surface area contributed by atoms with E-state index in [1.165, 1.54) is 12.1 Å². The van der Waals surface area contributed by atoms with E-state index in [4.69, 9.17) is 16.3 Å². The minimum Gasteiger partial charge on any atom is -0.495 e. The Morgan fingerprint density at radius 3 is 2.65 bits per heavy atom. The van der Waals surface area contributed by atoms with Crippen LogP contribution in [0.1, 0.15) is 6.42 Å². The Hall–Kier alpha value is -2.51. The molecule has 0 aromatic heterocycles. The van der Waals surface area contributed by atoms with Crippen LogP contribution in [-0.4, -0.2) is 18.9 Å². The van der Waals surface area contributed by atoms with Crippen LogP contribution in [-0.2, 0) is 9.59 Å². The second-order valence-electron chi connectivity index (χ2n) is 5.44. The van der Waals surface area contributed by atoms with Crippen molar-refractivity contribution in [1.82, 2.24) is 5.43 Å². The smallest absolute Gasteiger partial charge is 0.273 e. The zero-order valence-electron chi connectivity index (χ0n) is 13.8. The molecule has 0 fully saturated rings. The molecule has 8 heteroatoms. The quantitative estimate of drug-likeness (QED) is 0.763. The van der Waals surface area contributed by atoms with Gasteiger partial charge in [-0.25, -0.2) is 5.01 Å². The molecule has 1 heterocycles. The highest BCUT2D eigenvalue weighted by Crippen LogP contribution is 2.27. The summed E-state index contributed by atoms with van der Waals surface area (Å²) in [4.78, 5) is 24.7. The third kappa shape index (κ3) is 4.00. The van der Waals surface area contributed by atoms with E-state index in [1.54, 1.807) is 36.4 Å². The number of benzene rings is 2. The van der Waals surface area contributed by atoms with Crippen molar-refractivity contribution in [2.24, 2.45) is 0 Å². The number of amides is 2. The van der Waals surface area contributed by atoms with Crippen LogP contribution in [0, 0.1) is 0 Å². The van der Waals surface area contributed by atoms with Crippen LogP contribution in [0.5, 0.6) is 5.75 Å². The van der Waals surface area contributed by atoms with Crippen molar-refractivity contribution < 1.29 is 14.3 Å². The summed E-state index contributed by atoms with van der Waals surface area (Å²) >= 11 is 9.42.